The van der Waals surface area contributed by atoms with Gasteiger partial charge in [-0.3, -0.25) is 19.2 Å². The Hall–Kier alpha value is -2.38. The van der Waals surface area contributed by atoms with Crippen LogP contribution in [0.15, 0.2) is 11.6 Å². The SMILES string of the molecule is CCCC(=O)O[C@H]1CC[C@@]2(C)C(CC[C@]3(C)C2CC=C2C4CC(C)(C)CC[C@]4(C(=O)NCCCC(=O)NCC(=O)O)CC[C@]23C)C1(C)C. The molecule has 0 saturated heterocycles. The molecule has 0 bridgehead atoms. The fourth-order valence-electron chi connectivity index (χ4n) is 12.1. The predicted octanol–water partition coefficient (Wildman–Crippen LogP) is 7.60. The summed E-state index contributed by atoms with van der Waals surface area (Å²) < 4.78 is 6.16. The fourth-order valence-corrected chi connectivity index (χ4v) is 12.1. The molecular formula is C40H64N2O6. The topological polar surface area (TPSA) is 122 Å². The number of carbonyl (C=O) groups is 4. The number of hydrogen-bond donors (Lipinski definition) is 3. The van der Waals surface area contributed by atoms with Crippen molar-refractivity contribution in [3.05, 3.63) is 11.6 Å². The monoisotopic (exact) mass is 668 g/mol. The molecule has 0 radical (unpaired) electrons. The Balaban J connectivity index is 1.38. The van der Waals surface area contributed by atoms with Crippen molar-refractivity contribution in [1.29, 1.82) is 0 Å². The number of ether oxygens (including phenoxy) is 1. The van der Waals surface area contributed by atoms with Crippen LogP contribution in [0.4, 0.5) is 0 Å². The number of aliphatic carboxylic acids is 1. The van der Waals surface area contributed by atoms with Crippen LogP contribution in [0.1, 0.15) is 145 Å². The number of nitrogens with one attached hydrogen (secondary N) is 2. The van der Waals surface area contributed by atoms with E-state index in [1.165, 1.54) is 5.57 Å². The molecule has 2 amide bonds. The maximum Gasteiger partial charge on any atom is 0.322 e. The molecule has 5 aliphatic rings. The van der Waals surface area contributed by atoms with Crippen molar-refractivity contribution in [2.75, 3.05) is 13.1 Å². The van der Waals surface area contributed by atoms with Gasteiger partial charge in [-0.1, -0.05) is 67.0 Å². The maximum absolute atomic E-state index is 14.3. The molecule has 3 unspecified atom stereocenters. The number of amides is 2. The van der Waals surface area contributed by atoms with Crippen molar-refractivity contribution in [3.63, 3.8) is 0 Å². The van der Waals surface area contributed by atoms with Crippen molar-refractivity contribution in [1.82, 2.24) is 10.6 Å². The van der Waals surface area contributed by atoms with Crippen molar-refractivity contribution in [2.24, 2.45) is 50.2 Å². The number of carbonyl (C=O) groups excluding carboxylic acids is 3. The highest BCUT2D eigenvalue weighted by Gasteiger charge is 2.69. The summed E-state index contributed by atoms with van der Waals surface area (Å²) in [6, 6.07) is 0. The second kappa shape index (κ2) is 13.1. The second-order valence-electron chi connectivity index (χ2n) is 18.5. The molecule has 4 fully saturated rings. The number of fused-ring (bicyclic) bond motifs is 7. The number of esters is 1. The number of hydrogen-bond acceptors (Lipinski definition) is 5. The van der Waals surface area contributed by atoms with E-state index in [-0.39, 0.29) is 69.8 Å². The normalized spacial score (nSPS) is 39.3. The highest BCUT2D eigenvalue weighted by molar-refractivity contribution is 5.84. The minimum atomic E-state index is -1.06. The van der Waals surface area contributed by atoms with E-state index in [0.29, 0.717) is 31.2 Å². The van der Waals surface area contributed by atoms with Crippen molar-refractivity contribution in [2.45, 2.75) is 151 Å². The Morgan fingerprint density at radius 3 is 2.27 bits per heavy atom. The maximum atomic E-state index is 14.3. The van der Waals surface area contributed by atoms with Gasteiger partial charge in [0.25, 0.3) is 0 Å². The van der Waals surface area contributed by atoms with Crippen LogP contribution in [0.25, 0.3) is 0 Å². The molecule has 5 aliphatic carbocycles. The van der Waals surface area contributed by atoms with Gasteiger partial charge >= 0.3 is 11.9 Å². The van der Waals surface area contributed by atoms with E-state index in [2.05, 4.69) is 65.2 Å². The van der Waals surface area contributed by atoms with Gasteiger partial charge in [0.15, 0.2) is 0 Å². The van der Waals surface area contributed by atoms with Gasteiger partial charge in [0, 0.05) is 24.8 Å². The van der Waals surface area contributed by atoms with E-state index in [0.717, 1.165) is 70.6 Å². The summed E-state index contributed by atoms with van der Waals surface area (Å²) in [5.41, 5.74) is 1.48. The molecule has 270 valence electrons. The average Bonchev–Trinajstić information content (AvgIpc) is 2.99. The molecule has 4 saturated carbocycles. The minimum Gasteiger partial charge on any atom is -0.480 e. The molecule has 0 spiro atoms. The summed E-state index contributed by atoms with van der Waals surface area (Å²) in [5, 5.41) is 14.5. The van der Waals surface area contributed by atoms with Crippen LogP contribution in [-0.2, 0) is 23.9 Å². The van der Waals surface area contributed by atoms with Gasteiger partial charge in [-0.15, -0.1) is 0 Å². The first-order valence-electron chi connectivity index (χ1n) is 19.0. The zero-order valence-corrected chi connectivity index (χ0v) is 31.2. The van der Waals surface area contributed by atoms with Crippen LogP contribution >= 0.6 is 0 Å². The Morgan fingerprint density at radius 1 is 0.875 bits per heavy atom. The third-order valence-corrected chi connectivity index (χ3v) is 15.1. The first kappa shape index (κ1) is 36.9. The molecule has 0 aromatic heterocycles. The predicted molar refractivity (Wildman–Crippen MR) is 187 cm³/mol. The zero-order chi connectivity index (χ0) is 35.3. The number of allylic oxidation sites excluding steroid dienone is 2. The van der Waals surface area contributed by atoms with Crippen LogP contribution in [0.3, 0.4) is 0 Å². The summed E-state index contributed by atoms with van der Waals surface area (Å²) in [7, 11) is 0. The van der Waals surface area contributed by atoms with E-state index in [9.17, 15) is 19.2 Å². The third-order valence-electron chi connectivity index (χ3n) is 15.1. The van der Waals surface area contributed by atoms with E-state index in [1.807, 2.05) is 6.92 Å². The van der Waals surface area contributed by atoms with Crippen molar-refractivity contribution >= 4 is 23.8 Å². The van der Waals surface area contributed by atoms with E-state index >= 15 is 0 Å². The number of carboxylic acids is 1. The Morgan fingerprint density at radius 2 is 1.58 bits per heavy atom. The zero-order valence-electron chi connectivity index (χ0n) is 31.2. The van der Waals surface area contributed by atoms with Gasteiger partial charge in [0.1, 0.15) is 12.6 Å². The van der Waals surface area contributed by atoms with E-state index in [1.54, 1.807) is 0 Å². The Bertz CT molecular complexity index is 1320. The molecule has 0 aliphatic heterocycles. The highest BCUT2D eigenvalue weighted by atomic mass is 16.5. The largest absolute Gasteiger partial charge is 0.480 e. The smallest absolute Gasteiger partial charge is 0.322 e. The quantitative estimate of drug-likeness (QED) is 0.125. The molecular weight excluding hydrogens is 604 g/mol. The van der Waals surface area contributed by atoms with Gasteiger partial charge in [0.2, 0.25) is 11.8 Å². The first-order valence-corrected chi connectivity index (χ1v) is 19.0. The summed E-state index contributed by atoms with van der Waals surface area (Å²) >= 11 is 0. The second-order valence-corrected chi connectivity index (χ2v) is 18.5. The van der Waals surface area contributed by atoms with Gasteiger partial charge < -0.3 is 20.5 Å². The summed E-state index contributed by atoms with van der Waals surface area (Å²) in [6.45, 7) is 19.2. The van der Waals surface area contributed by atoms with Crippen LogP contribution in [0, 0.1) is 50.2 Å². The summed E-state index contributed by atoms with van der Waals surface area (Å²) in [5.74, 6) is -0.0540. The van der Waals surface area contributed by atoms with E-state index < -0.39 is 11.4 Å². The Kier molecular flexibility index (Phi) is 10.0. The van der Waals surface area contributed by atoms with Crippen molar-refractivity contribution < 1.29 is 29.0 Å². The lowest BCUT2D eigenvalue weighted by atomic mass is 9.33. The Labute approximate surface area is 289 Å². The minimum absolute atomic E-state index is 0.0164. The third kappa shape index (κ3) is 6.14. The molecule has 5 rings (SSSR count). The van der Waals surface area contributed by atoms with Gasteiger partial charge in [-0.25, -0.2) is 0 Å². The molecule has 8 nitrogen and oxygen atoms in total. The average molecular weight is 669 g/mol. The fraction of sp³-hybridized carbons (Fsp3) is 0.850. The lowest BCUT2D eigenvalue weighted by Crippen LogP contribution is -2.65. The van der Waals surface area contributed by atoms with Crippen LogP contribution in [0.2, 0.25) is 0 Å². The van der Waals surface area contributed by atoms with Crippen LogP contribution in [-0.4, -0.2) is 48.1 Å². The van der Waals surface area contributed by atoms with Crippen molar-refractivity contribution in [3.8, 4) is 0 Å². The van der Waals surface area contributed by atoms with E-state index in [4.69, 9.17) is 9.84 Å². The molecule has 0 aromatic rings. The van der Waals surface area contributed by atoms with Gasteiger partial charge in [0.05, 0.1) is 5.41 Å². The molecule has 3 N–H and O–H groups in total. The van der Waals surface area contributed by atoms with Gasteiger partial charge in [-0.2, -0.15) is 0 Å². The standard InChI is InChI=1S/C40H64N2O6/c1-9-11-33(46)48-30-16-17-37(6)28(36(30,4)5)15-18-39(8)29(37)14-13-26-27-24-35(2,3)19-21-40(27,22-20-38(26,39)7)34(47)41-23-10-12-31(43)42-25-32(44)45/h13,27-30H,9-12,14-25H2,1-8H3,(H,41,47)(H,42,43)(H,44,45)/t27?,28?,29?,30-,37-,38+,39+,40-/m0/s1. The highest BCUT2D eigenvalue weighted by Crippen LogP contribution is 2.75. The molecule has 8 heteroatoms. The number of rotatable bonds is 10. The summed E-state index contributed by atoms with van der Waals surface area (Å²) in [4.78, 5) is 49.7. The summed E-state index contributed by atoms with van der Waals surface area (Å²) in [6.07, 6.45) is 14.7. The molecule has 0 heterocycles. The molecule has 48 heavy (non-hydrogen) atoms. The molecule has 0 aromatic carbocycles. The van der Waals surface area contributed by atoms with Gasteiger partial charge in [-0.05, 0) is 116 Å². The lowest BCUT2D eigenvalue weighted by Gasteiger charge is -2.71. The molecule has 8 atom stereocenters. The lowest BCUT2D eigenvalue weighted by molar-refractivity contribution is -0.213. The van der Waals surface area contributed by atoms with Crippen LogP contribution in [0.5, 0.6) is 0 Å². The first-order chi connectivity index (χ1) is 22.4. The number of carboxylic acid groups (broad SMARTS) is 1. The van der Waals surface area contributed by atoms with Crippen LogP contribution < -0.4 is 10.6 Å².